The molecular formula is C15H18FN3OS. The third-order valence-electron chi connectivity index (χ3n) is 3.22. The van der Waals surface area contributed by atoms with Crippen LogP contribution in [0.4, 0.5) is 4.39 Å². The first-order valence-corrected chi connectivity index (χ1v) is 7.55. The Labute approximate surface area is 127 Å². The molecule has 0 saturated carbocycles. The molecule has 4 nitrogen and oxygen atoms in total. The molecule has 0 radical (unpaired) electrons. The van der Waals surface area contributed by atoms with Gasteiger partial charge in [0.2, 0.25) is 0 Å². The van der Waals surface area contributed by atoms with Crippen molar-refractivity contribution in [1.82, 2.24) is 5.32 Å². The second-order valence-electron chi connectivity index (χ2n) is 4.90. The Morgan fingerprint density at radius 2 is 2.29 bits per heavy atom. The van der Waals surface area contributed by atoms with Crippen molar-refractivity contribution in [2.45, 2.75) is 25.9 Å². The number of nitrogens with one attached hydrogen (secondary N) is 1. The molecule has 0 bridgehead atoms. The fourth-order valence-electron chi connectivity index (χ4n) is 2.11. The van der Waals surface area contributed by atoms with Crippen molar-refractivity contribution in [2.24, 2.45) is 10.9 Å². The number of thiophene rings is 1. The van der Waals surface area contributed by atoms with Crippen molar-refractivity contribution in [3.63, 3.8) is 0 Å². The molecule has 0 aliphatic heterocycles. The molecule has 0 spiro atoms. The number of rotatable bonds is 6. The molecule has 112 valence electrons. The highest BCUT2D eigenvalue weighted by atomic mass is 32.1. The van der Waals surface area contributed by atoms with Gasteiger partial charge in [-0.1, -0.05) is 11.2 Å². The van der Waals surface area contributed by atoms with E-state index in [1.807, 2.05) is 0 Å². The standard InChI is InChI=1S/C15H18FN3OS/c1-10(6-11-4-5-21-9-11)18-8-12-2-3-13(16)7-14(12)15(17)19-20/h2-5,7,9-10,18,20H,6,8H2,1H3,(H2,17,19). The molecule has 2 aromatic rings. The Balaban J connectivity index is 2.02. The minimum Gasteiger partial charge on any atom is -0.409 e. The zero-order valence-electron chi connectivity index (χ0n) is 11.7. The van der Waals surface area contributed by atoms with Gasteiger partial charge in [-0.2, -0.15) is 11.3 Å². The number of hydrogen-bond acceptors (Lipinski definition) is 4. The van der Waals surface area contributed by atoms with E-state index in [2.05, 4.69) is 34.2 Å². The predicted molar refractivity (Wildman–Crippen MR) is 83.2 cm³/mol. The maximum atomic E-state index is 13.3. The highest BCUT2D eigenvalue weighted by Gasteiger charge is 2.10. The van der Waals surface area contributed by atoms with Crippen molar-refractivity contribution in [3.05, 3.63) is 57.5 Å². The Morgan fingerprint density at radius 1 is 1.48 bits per heavy atom. The van der Waals surface area contributed by atoms with Crippen LogP contribution in [-0.4, -0.2) is 17.1 Å². The lowest BCUT2D eigenvalue weighted by Gasteiger charge is -2.15. The van der Waals surface area contributed by atoms with Gasteiger partial charge in [0.1, 0.15) is 5.82 Å². The van der Waals surface area contributed by atoms with Crippen molar-refractivity contribution in [3.8, 4) is 0 Å². The van der Waals surface area contributed by atoms with Crippen molar-refractivity contribution < 1.29 is 9.60 Å². The van der Waals surface area contributed by atoms with Crippen LogP contribution in [0.5, 0.6) is 0 Å². The van der Waals surface area contributed by atoms with Gasteiger partial charge in [-0.05, 0) is 53.4 Å². The van der Waals surface area contributed by atoms with E-state index in [0.717, 1.165) is 12.0 Å². The number of nitrogens with two attached hydrogens (primary N) is 1. The Hall–Kier alpha value is -1.92. The molecule has 0 aliphatic rings. The lowest BCUT2D eigenvalue weighted by molar-refractivity contribution is 0.318. The lowest BCUT2D eigenvalue weighted by atomic mass is 10.1. The van der Waals surface area contributed by atoms with E-state index in [9.17, 15) is 4.39 Å². The van der Waals surface area contributed by atoms with Crippen LogP contribution >= 0.6 is 11.3 Å². The van der Waals surface area contributed by atoms with Crippen LogP contribution < -0.4 is 11.1 Å². The molecule has 6 heteroatoms. The molecule has 1 atom stereocenters. The normalized spacial score (nSPS) is 13.3. The van der Waals surface area contributed by atoms with Gasteiger partial charge in [0, 0.05) is 18.2 Å². The first-order chi connectivity index (χ1) is 10.1. The van der Waals surface area contributed by atoms with E-state index in [-0.39, 0.29) is 11.9 Å². The van der Waals surface area contributed by atoms with E-state index in [4.69, 9.17) is 10.9 Å². The molecule has 1 heterocycles. The highest BCUT2D eigenvalue weighted by Crippen LogP contribution is 2.13. The van der Waals surface area contributed by atoms with Crippen LogP contribution in [0, 0.1) is 5.82 Å². The Kier molecular flexibility index (Phi) is 5.30. The van der Waals surface area contributed by atoms with Gasteiger partial charge in [-0.15, -0.1) is 0 Å². The van der Waals surface area contributed by atoms with Crippen molar-refractivity contribution in [2.75, 3.05) is 0 Å². The van der Waals surface area contributed by atoms with E-state index >= 15 is 0 Å². The molecular weight excluding hydrogens is 289 g/mol. The summed E-state index contributed by atoms with van der Waals surface area (Å²) in [7, 11) is 0. The molecule has 0 fully saturated rings. The number of halogens is 1. The monoisotopic (exact) mass is 307 g/mol. The van der Waals surface area contributed by atoms with Gasteiger partial charge in [0.25, 0.3) is 0 Å². The van der Waals surface area contributed by atoms with Crippen LogP contribution in [0.3, 0.4) is 0 Å². The fourth-order valence-corrected chi connectivity index (χ4v) is 2.80. The van der Waals surface area contributed by atoms with Gasteiger partial charge >= 0.3 is 0 Å². The first kappa shape index (κ1) is 15.5. The van der Waals surface area contributed by atoms with E-state index in [0.29, 0.717) is 12.1 Å². The predicted octanol–water partition coefficient (Wildman–Crippen LogP) is 2.70. The highest BCUT2D eigenvalue weighted by molar-refractivity contribution is 7.07. The molecule has 0 amide bonds. The molecule has 2 rings (SSSR count). The summed E-state index contributed by atoms with van der Waals surface area (Å²) in [4.78, 5) is 0. The average Bonchev–Trinajstić information content (AvgIpc) is 2.98. The summed E-state index contributed by atoms with van der Waals surface area (Å²) in [6, 6.07) is 6.66. The summed E-state index contributed by atoms with van der Waals surface area (Å²) in [5, 5.41) is 19.3. The van der Waals surface area contributed by atoms with Gasteiger partial charge in [-0.3, -0.25) is 0 Å². The summed E-state index contributed by atoms with van der Waals surface area (Å²) < 4.78 is 13.3. The van der Waals surface area contributed by atoms with Gasteiger partial charge in [0.05, 0.1) is 0 Å². The SMILES string of the molecule is CC(Cc1ccsc1)NCc1ccc(F)cc1C(N)=NO. The number of benzene rings is 1. The molecule has 1 aromatic carbocycles. The minimum absolute atomic E-state index is 0.0863. The number of amidine groups is 1. The zero-order chi connectivity index (χ0) is 15.2. The van der Waals surface area contributed by atoms with E-state index < -0.39 is 5.82 Å². The Morgan fingerprint density at radius 3 is 2.95 bits per heavy atom. The van der Waals surface area contributed by atoms with Gasteiger partial charge < -0.3 is 16.3 Å². The quantitative estimate of drug-likeness (QED) is 0.332. The second-order valence-corrected chi connectivity index (χ2v) is 5.68. The Bertz CT molecular complexity index is 613. The molecule has 1 unspecified atom stereocenters. The first-order valence-electron chi connectivity index (χ1n) is 6.61. The maximum absolute atomic E-state index is 13.3. The van der Waals surface area contributed by atoms with E-state index in [1.54, 1.807) is 17.4 Å². The summed E-state index contributed by atoms with van der Waals surface area (Å²) in [6.45, 7) is 2.61. The summed E-state index contributed by atoms with van der Waals surface area (Å²) >= 11 is 1.68. The third-order valence-corrected chi connectivity index (χ3v) is 3.95. The number of hydrogen-bond donors (Lipinski definition) is 3. The van der Waals surface area contributed by atoms with Crippen LogP contribution in [0.2, 0.25) is 0 Å². The third kappa shape index (κ3) is 4.27. The van der Waals surface area contributed by atoms with Crippen LogP contribution in [0.25, 0.3) is 0 Å². The minimum atomic E-state index is -0.410. The molecule has 4 N–H and O–H groups in total. The summed E-state index contributed by atoms with van der Waals surface area (Å²) in [5.74, 6) is -0.497. The largest absolute Gasteiger partial charge is 0.409 e. The topological polar surface area (TPSA) is 70.6 Å². The van der Waals surface area contributed by atoms with Crippen molar-refractivity contribution >= 4 is 17.2 Å². The molecule has 21 heavy (non-hydrogen) atoms. The van der Waals surface area contributed by atoms with Crippen molar-refractivity contribution in [1.29, 1.82) is 0 Å². The summed E-state index contributed by atoms with van der Waals surface area (Å²) in [5.41, 5.74) is 8.08. The molecule has 0 saturated heterocycles. The molecule has 0 aliphatic carbocycles. The average molecular weight is 307 g/mol. The zero-order valence-corrected chi connectivity index (χ0v) is 12.5. The van der Waals surface area contributed by atoms with Crippen LogP contribution in [0.15, 0.2) is 40.2 Å². The second kappa shape index (κ2) is 7.19. The van der Waals surface area contributed by atoms with Crippen LogP contribution in [0.1, 0.15) is 23.6 Å². The lowest BCUT2D eigenvalue weighted by Crippen LogP contribution is -2.29. The smallest absolute Gasteiger partial charge is 0.170 e. The number of oxime groups is 1. The number of nitrogens with zero attached hydrogens (tertiary/aromatic N) is 1. The molecule has 1 aromatic heterocycles. The fraction of sp³-hybridized carbons (Fsp3) is 0.267. The van der Waals surface area contributed by atoms with Gasteiger partial charge in [0.15, 0.2) is 5.84 Å². The van der Waals surface area contributed by atoms with Crippen LogP contribution in [-0.2, 0) is 13.0 Å². The summed E-state index contributed by atoms with van der Waals surface area (Å²) in [6.07, 6.45) is 0.920. The van der Waals surface area contributed by atoms with Gasteiger partial charge in [-0.25, -0.2) is 4.39 Å². The maximum Gasteiger partial charge on any atom is 0.170 e. The van der Waals surface area contributed by atoms with E-state index in [1.165, 1.54) is 17.7 Å².